The molecule has 4 rings (SSSR count). The number of ether oxygens (including phenoxy) is 1. The van der Waals surface area contributed by atoms with E-state index in [-0.39, 0.29) is 17.7 Å². The van der Waals surface area contributed by atoms with E-state index in [4.69, 9.17) is 4.74 Å². The highest BCUT2D eigenvalue weighted by Gasteiger charge is 2.28. The fourth-order valence-electron chi connectivity index (χ4n) is 4.44. The van der Waals surface area contributed by atoms with E-state index in [2.05, 4.69) is 30.8 Å². The number of hydrogen-bond donors (Lipinski definition) is 0. The Morgan fingerprint density at radius 3 is 1.83 bits per heavy atom. The molecule has 0 radical (unpaired) electrons. The summed E-state index contributed by atoms with van der Waals surface area (Å²) in [6.45, 7) is 7.69. The first-order valence-corrected chi connectivity index (χ1v) is 12.4. The van der Waals surface area contributed by atoms with Crippen LogP contribution in [0.5, 0.6) is 5.75 Å². The molecule has 4 aromatic rings. The molecule has 1 amide bonds. The highest BCUT2D eigenvalue weighted by atomic mass is 16.5. The van der Waals surface area contributed by atoms with Crippen molar-refractivity contribution in [2.75, 3.05) is 0 Å². The molecule has 4 aromatic carbocycles. The Kier molecular flexibility index (Phi) is 8.72. The predicted molar refractivity (Wildman–Crippen MR) is 146 cm³/mol. The first-order valence-electron chi connectivity index (χ1n) is 12.4. The first-order chi connectivity index (χ1) is 17.6. The number of amides is 1. The summed E-state index contributed by atoms with van der Waals surface area (Å²) in [4.78, 5) is 15.8. The molecule has 36 heavy (non-hydrogen) atoms. The minimum Gasteiger partial charge on any atom is -0.489 e. The normalized spacial score (nSPS) is 12.4. The van der Waals surface area contributed by atoms with Crippen LogP contribution in [0.4, 0.5) is 0 Å². The molecule has 0 saturated heterocycles. The first kappa shape index (κ1) is 25.0. The molecule has 0 aromatic heterocycles. The zero-order chi connectivity index (χ0) is 25.2. The number of carbonyl (C=O) groups excluding carboxylic acids is 1. The van der Waals surface area contributed by atoms with Gasteiger partial charge in [0.1, 0.15) is 12.4 Å². The lowest BCUT2D eigenvalue weighted by molar-refractivity contribution is -0.136. The molecule has 3 nitrogen and oxygen atoms in total. The van der Waals surface area contributed by atoms with Crippen LogP contribution in [0, 0.1) is 5.92 Å². The van der Waals surface area contributed by atoms with Gasteiger partial charge in [-0.25, -0.2) is 0 Å². The summed E-state index contributed by atoms with van der Waals surface area (Å²) in [5, 5.41) is 0. The Morgan fingerprint density at radius 1 is 0.778 bits per heavy atom. The standard InChI is InChI=1S/C33H33NO2/c1-3-32(30-20-13-21-31(22-30)36-25-29-18-11-6-12-19-29)26(2)33(35)34(23-27-14-7-4-8-15-27)24-28-16-9-5-10-17-28/h3-22,26,32H,1,23-25H2,2H3. The number of nitrogens with zero attached hydrogens (tertiary/aromatic N) is 1. The average Bonchev–Trinajstić information content (AvgIpc) is 2.93. The summed E-state index contributed by atoms with van der Waals surface area (Å²) in [6.07, 6.45) is 1.88. The third-order valence-electron chi connectivity index (χ3n) is 6.42. The summed E-state index contributed by atoms with van der Waals surface area (Å²) < 4.78 is 6.04. The van der Waals surface area contributed by atoms with Gasteiger partial charge in [-0.2, -0.15) is 0 Å². The molecule has 0 bridgehead atoms. The van der Waals surface area contributed by atoms with Crippen LogP contribution in [0.15, 0.2) is 128 Å². The van der Waals surface area contributed by atoms with E-state index in [1.165, 1.54) is 0 Å². The topological polar surface area (TPSA) is 29.5 Å². The minimum atomic E-state index is -0.278. The second-order valence-corrected chi connectivity index (χ2v) is 9.06. The van der Waals surface area contributed by atoms with Crippen molar-refractivity contribution in [3.05, 3.63) is 150 Å². The van der Waals surface area contributed by atoms with E-state index in [0.717, 1.165) is 28.0 Å². The lowest BCUT2D eigenvalue weighted by Crippen LogP contribution is -2.36. The number of benzene rings is 4. The van der Waals surface area contributed by atoms with Crippen molar-refractivity contribution >= 4 is 5.91 Å². The molecule has 2 atom stereocenters. The van der Waals surface area contributed by atoms with Crippen molar-refractivity contribution in [2.45, 2.75) is 32.5 Å². The maximum absolute atomic E-state index is 13.9. The van der Waals surface area contributed by atoms with Crippen molar-refractivity contribution in [1.29, 1.82) is 0 Å². The van der Waals surface area contributed by atoms with Gasteiger partial charge in [0.05, 0.1) is 0 Å². The SMILES string of the molecule is C=CC(c1cccc(OCc2ccccc2)c1)C(C)C(=O)N(Cc1ccccc1)Cc1ccccc1. The van der Waals surface area contributed by atoms with Gasteiger partial charge in [-0.05, 0) is 34.4 Å². The van der Waals surface area contributed by atoms with Crippen LogP contribution < -0.4 is 4.74 Å². The highest BCUT2D eigenvalue weighted by molar-refractivity contribution is 5.80. The number of carbonyl (C=O) groups is 1. The Bertz CT molecular complexity index is 1200. The zero-order valence-corrected chi connectivity index (χ0v) is 20.8. The number of rotatable bonds is 11. The van der Waals surface area contributed by atoms with Crippen LogP contribution in [0.2, 0.25) is 0 Å². The molecule has 0 aliphatic heterocycles. The summed E-state index contributed by atoms with van der Waals surface area (Å²) >= 11 is 0. The van der Waals surface area contributed by atoms with Gasteiger partial charge in [-0.1, -0.05) is 116 Å². The van der Waals surface area contributed by atoms with Crippen LogP contribution in [-0.4, -0.2) is 10.8 Å². The average molecular weight is 476 g/mol. The van der Waals surface area contributed by atoms with Gasteiger partial charge in [-0.3, -0.25) is 4.79 Å². The molecule has 182 valence electrons. The second kappa shape index (κ2) is 12.6. The van der Waals surface area contributed by atoms with E-state index in [0.29, 0.717) is 19.7 Å². The summed E-state index contributed by atoms with van der Waals surface area (Å²) in [5.41, 5.74) is 4.36. The smallest absolute Gasteiger partial charge is 0.226 e. The van der Waals surface area contributed by atoms with Crippen molar-refractivity contribution in [3.8, 4) is 5.75 Å². The van der Waals surface area contributed by atoms with Gasteiger partial charge in [0.2, 0.25) is 5.91 Å². The zero-order valence-electron chi connectivity index (χ0n) is 20.8. The van der Waals surface area contributed by atoms with Crippen molar-refractivity contribution in [2.24, 2.45) is 5.92 Å². The second-order valence-electron chi connectivity index (χ2n) is 9.06. The molecular weight excluding hydrogens is 442 g/mol. The fraction of sp³-hybridized carbons (Fsp3) is 0.182. The molecule has 0 aliphatic rings. The van der Waals surface area contributed by atoms with Gasteiger partial charge < -0.3 is 9.64 Å². The van der Waals surface area contributed by atoms with Gasteiger partial charge >= 0.3 is 0 Å². The molecule has 0 heterocycles. The van der Waals surface area contributed by atoms with E-state index in [9.17, 15) is 4.79 Å². The predicted octanol–water partition coefficient (Wildman–Crippen LogP) is 7.40. The van der Waals surface area contributed by atoms with Crippen molar-refractivity contribution in [1.82, 2.24) is 4.90 Å². The molecular formula is C33H33NO2. The quantitative estimate of drug-likeness (QED) is 0.212. The summed E-state index contributed by atoms with van der Waals surface area (Å²) in [5.74, 6) is 0.475. The molecule has 3 heteroatoms. The summed E-state index contributed by atoms with van der Waals surface area (Å²) in [7, 11) is 0. The van der Waals surface area contributed by atoms with Gasteiger partial charge in [0.15, 0.2) is 0 Å². The van der Waals surface area contributed by atoms with E-state index >= 15 is 0 Å². The Hall–Kier alpha value is -4.11. The molecule has 0 N–H and O–H groups in total. The maximum Gasteiger partial charge on any atom is 0.226 e. The van der Waals surface area contributed by atoms with Crippen molar-refractivity contribution < 1.29 is 9.53 Å². The molecule has 0 spiro atoms. The van der Waals surface area contributed by atoms with E-state index < -0.39 is 0 Å². The molecule has 0 saturated carbocycles. The third-order valence-corrected chi connectivity index (χ3v) is 6.42. The van der Waals surface area contributed by atoms with Crippen LogP contribution in [0.1, 0.15) is 35.1 Å². The molecule has 2 unspecified atom stereocenters. The Balaban J connectivity index is 1.52. The molecule has 0 fully saturated rings. The lowest BCUT2D eigenvalue weighted by atomic mass is 9.86. The van der Waals surface area contributed by atoms with Crippen LogP contribution >= 0.6 is 0 Å². The Labute approximate surface area is 214 Å². The van der Waals surface area contributed by atoms with Crippen molar-refractivity contribution in [3.63, 3.8) is 0 Å². The van der Waals surface area contributed by atoms with Gasteiger partial charge in [-0.15, -0.1) is 6.58 Å². The maximum atomic E-state index is 13.9. The minimum absolute atomic E-state index is 0.100. The van der Waals surface area contributed by atoms with E-state index in [1.54, 1.807) is 0 Å². The lowest BCUT2D eigenvalue weighted by Gasteiger charge is -2.29. The largest absolute Gasteiger partial charge is 0.489 e. The van der Waals surface area contributed by atoms with Crippen LogP contribution in [0.3, 0.4) is 0 Å². The number of allylic oxidation sites excluding steroid dienone is 1. The highest BCUT2D eigenvalue weighted by Crippen LogP contribution is 2.31. The van der Waals surface area contributed by atoms with Crippen LogP contribution in [0.25, 0.3) is 0 Å². The van der Waals surface area contributed by atoms with E-state index in [1.807, 2.05) is 109 Å². The summed E-state index contributed by atoms with van der Waals surface area (Å²) in [6, 6.07) is 38.4. The van der Waals surface area contributed by atoms with Gasteiger partial charge in [0, 0.05) is 24.9 Å². The molecule has 0 aliphatic carbocycles. The fourth-order valence-corrected chi connectivity index (χ4v) is 4.44. The monoisotopic (exact) mass is 475 g/mol. The number of hydrogen-bond acceptors (Lipinski definition) is 2. The van der Waals surface area contributed by atoms with Gasteiger partial charge in [0.25, 0.3) is 0 Å². The third kappa shape index (κ3) is 6.73. The van der Waals surface area contributed by atoms with Crippen LogP contribution in [-0.2, 0) is 24.5 Å². The Morgan fingerprint density at radius 2 is 1.31 bits per heavy atom.